The smallest absolute Gasteiger partial charge is 0.249 e. The Morgan fingerprint density at radius 1 is 1.25 bits per heavy atom. The molecule has 2 aromatic rings. The summed E-state index contributed by atoms with van der Waals surface area (Å²) in [6, 6.07) is 13.8. The maximum atomic E-state index is 12.5. The molecule has 1 saturated heterocycles. The minimum atomic E-state index is -0.495. The van der Waals surface area contributed by atoms with Crippen molar-refractivity contribution in [2.45, 2.75) is 18.9 Å². The molecule has 0 aromatic heterocycles. The molecule has 2 aromatic carbocycles. The van der Waals surface area contributed by atoms with E-state index in [4.69, 9.17) is 17.3 Å². The number of carbonyl (C=O) groups excluding carboxylic acids is 2. The van der Waals surface area contributed by atoms with Crippen LogP contribution in [0.3, 0.4) is 0 Å². The second-order valence-electron chi connectivity index (χ2n) is 5.80. The van der Waals surface area contributed by atoms with E-state index in [2.05, 4.69) is 5.32 Å². The van der Waals surface area contributed by atoms with Gasteiger partial charge in [0.25, 0.3) is 0 Å². The molecular formula is C18H18ClN3O2. The van der Waals surface area contributed by atoms with Crippen molar-refractivity contribution in [3.8, 4) is 0 Å². The van der Waals surface area contributed by atoms with Crippen LogP contribution in [0.5, 0.6) is 0 Å². The highest BCUT2D eigenvalue weighted by molar-refractivity contribution is 6.31. The van der Waals surface area contributed by atoms with Crippen molar-refractivity contribution in [1.29, 1.82) is 0 Å². The molecule has 24 heavy (non-hydrogen) atoms. The molecule has 124 valence electrons. The lowest BCUT2D eigenvalue weighted by Crippen LogP contribution is -2.42. The second-order valence-corrected chi connectivity index (χ2v) is 6.23. The Balaban J connectivity index is 1.61. The van der Waals surface area contributed by atoms with Crippen LogP contribution in [0.15, 0.2) is 48.5 Å². The fraction of sp³-hybridized carbons (Fsp3) is 0.222. The largest absolute Gasteiger partial charge is 0.399 e. The third-order valence-electron chi connectivity index (χ3n) is 4.01. The number of nitrogens with one attached hydrogen (secondary N) is 1. The van der Waals surface area contributed by atoms with E-state index in [0.717, 1.165) is 11.3 Å². The maximum Gasteiger partial charge on any atom is 0.249 e. The summed E-state index contributed by atoms with van der Waals surface area (Å²) in [5.74, 6) is -0.283. The first-order valence-electron chi connectivity index (χ1n) is 7.73. The first-order valence-corrected chi connectivity index (χ1v) is 8.11. The van der Waals surface area contributed by atoms with E-state index < -0.39 is 6.04 Å². The van der Waals surface area contributed by atoms with Gasteiger partial charge in [0.15, 0.2) is 0 Å². The highest BCUT2D eigenvalue weighted by Gasteiger charge is 2.33. The van der Waals surface area contributed by atoms with Crippen molar-refractivity contribution in [2.75, 3.05) is 17.2 Å². The summed E-state index contributed by atoms with van der Waals surface area (Å²) >= 11 is 5.98. The molecule has 3 rings (SSSR count). The molecule has 0 spiro atoms. The van der Waals surface area contributed by atoms with Crippen molar-refractivity contribution in [1.82, 2.24) is 5.32 Å². The van der Waals surface area contributed by atoms with Crippen LogP contribution in [0, 0.1) is 0 Å². The third-order valence-corrected chi connectivity index (χ3v) is 4.24. The summed E-state index contributed by atoms with van der Waals surface area (Å²) < 4.78 is 0. The highest BCUT2D eigenvalue weighted by atomic mass is 35.5. The van der Waals surface area contributed by atoms with E-state index in [0.29, 0.717) is 23.7 Å². The zero-order valence-corrected chi connectivity index (χ0v) is 13.8. The Hall–Kier alpha value is -2.53. The molecule has 1 heterocycles. The van der Waals surface area contributed by atoms with Crippen molar-refractivity contribution >= 4 is 34.8 Å². The van der Waals surface area contributed by atoms with Crippen LogP contribution in [0.25, 0.3) is 0 Å². The van der Waals surface area contributed by atoms with Crippen LogP contribution in [-0.2, 0) is 16.0 Å². The van der Waals surface area contributed by atoms with Gasteiger partial charge in [-0.1, -0.05) is 29.8 Å². The number of hydrogen-bond acceptors (Lipinski definition) is 3. The summed E-state index contributed by atoms with van der Waals surface area (Å²) in [6.07, 6.45) is 0.806. The highest BCUT2D eigenvalue weighted by Crippen LogP contribution is 2.24. The first-order chi connectivity index (χ1) is 11.5. The first kappa shape index (κ1) is 16.3. The topological polar surface area (TPSA) is 75.4 Å². The molecule has 1 fully saturated rings. The minimum absolute atomic E-state index is 0.108. The SMILES string of the molecule is Nc1ccc(CC(=O)NC2CCN(c3cccc(Cl)c3)C2=O)cc1. The Morgan fingerprint density at radius 3 is 2.71 bits per heavy atom. The van der Waals surface area contributed by atoms with Crippen LogP contribution in [0.4, 0.5) is 11.4 Å². The predicted octanol–water partition coefficient (Wildman–Crippen LogP) is 2.39. The lowest BCUT2D eigenvalue weighted by Gasteiger charge is -2.17. The molecule has 2 amide bonds. The summed E-state index contributed by atoms with van der Waals surface area (Å²) in [5.41, 5.74) is 7.90. The maximum absolute atomic E-state index is 12.5. The number of nitrogens with two attached hydrogens (primary N) is 1. The quantitative estimate of drug-likeness (QED) is 0.837. The van der Waals surface area contributed by atoms with Gasteiger partial charge in [-0.05, 0) is 42.3 Å². The lowest BCUT2D eigenvalue weighted by atomic mass is 10.1. The second kappa shape index (κ2) is 6.93. The van der Waals surface area contributed by atoms with Crippen LogP contribution in [0.2, 0.25) is 5.02 Å². The summed E-state index contributed by atoms with van der Waals surface area (Å²) in [4.78, 5) is 26.3. The standard InChI is InChI=1S/C18H18ClN3O2/c19-13-2-1-3-15(11-13)22-9-8-16(18(22)24)21-17(23)10-12-4-6-14(20)7-5-12/h1-7,11,16H,8-10,20H2,(H,21,23). The Labute approximate surface area is 145 Å². The van der Waals surface area contributed by atoms with Gasteiger partial charge >= 0.3 is 0 Å². The van der Waals surface area contributed by atoms with Gasteiger partial charge in [-0.2, -0.15) is 0 Å². The molecule has 0 aliphatic carbocycles. The van der Waals surface area contributed by atoms with Gasteiger partial charge in [0, 0.05) is 22.9 Å². The van der Waals surface area contributed by atoms with E-state index in [-0.39, 0.29) is 18.2 Å². The molecule has 0 bridgehead atoms. The Bertz CT molecular complexity index is 761. The van der Waals surface area contributed by atoms with Crippen LogP contribution < -0.4 is 16.0 Å². The summed E-state index contributed by atoms with van der Waals surface area (Å²) in [6.45, 7) is 0.562. The average Bonchev–Trinajstić information content (AvgIpc) is 2.90. The molecule has 1 unspecified atom stereocenters. The normalized spacial score (nSPS) is 17.1. The van der Waals surface area contributed by atoms with E-state index in [1.54, 1.807) is 35.2 Å². The van der Waals surface area contributed by atoms with Crippen LogP contribution in [-0.4, -0.2) is 24.4 Å². The van der Waals surface area contributed by atoms with Gasteiger partial charge in [-0.25, -0.2) is 0 Å². The number of benzene rings is 2. The molecular weight excluding hydrogens is 326 g/mol. The number of nitrogens with zero attached hydrogens (tertiary/aromatic N) is 1. The number of carbonyl (C=O) groups is 2. The Kier molecular flexibility index (Phi) is 4.71. The van der Waals surface area contributed by atoms with Crippen molar-refractivity contribution in [3.05, 3.63) is 59.1 Å². The van der Waals surface area contributed by atoms with Crippen LogP contribution >= 0.6 is 11.6 Å². The van der Waals surface area contributed by atoms with E-state index in [1.807, 2.05) is 18.2 Å². The van der Waals surface area contributed by atoms with Gasteiger partial charge in [0.2, 0.25) is 11.8 Å². The van der Waals surface area contributed by atoms with Crippen molar-refractivity contribution in [2.24, 2.45) is 0 Å². The van der Waals surface area contributed by atoms with Gasteiger partial charge in [-0.3, -0.25) is 9.59 Å². The predicted molar refractivity (Wildman–Crippen MR) is 94.9 cm³/mol. The molecule has 1 atom stereocenters. The van der Waals surface area contributed by atoms with Gasteiger partial charge in [-0.15, -0.1) is 0 Å². The van der Waals surface area contributed by atoms with Crippen molar-refractivity contribution in [3.63, 3.8) is 0 Å². The monoisotopic (exact) mass is 343 g/mol. The Morgan fingerprint density at radius 2 is 2.00 bits per heavy atom. The number of nitrogen functional groups attached to an aromatic ring is 1. The van der Waals surface area contributed by atoms with Crippen LogP contribution in [0.1, 0.15) is 12.0 Å². The molecule has 0 radical (unpaired) electrons. The average molecular weight is 344 g/mol. The van der Waals surface area contributed by atoms with Crippen molar-refractivity contribution < 1.29 is 9.59 Å². The zero-order chi connectivity index (χ0) is 17.1. The van der Waals surface area contributed by atoms with Gasteiger partial charge in [0.05, 0.1) is 6.42 Å². The van der Waals surface area contributed by atoms with Gasteiger partial charge in [0.1, 0.15) is 6.04 Å². The lowest BCUT2D eigenvalue weighted by molar-refractivity contribution is -0.126. The minimum Gasteiger partial charge on any atom is -0.399 e. The van der Waals surface area contributed by atoms with Gasteiger partial charge < -0.3 is 16.0 Å². The number of amides is 2. The number of halogens is 1. The van der Waals surface area contributed by atoms with E-state index in [9.17, 15) is 9.59 Å². The number of hydrogen-bond donors (Lipinski definition) is 2. The number of rotatable bonds is 4. The van der Waals surface area contributed by atoms with E-state index in [1.165, 1.54) is 0 Å². The molecule has 1 aliphatic heterocycles. The molecule has 6 heteroatoms. The fourth-order valence-electron chi connectivity index (χ4n) is 2.78. The third kappa shape index (κ3) is 3.68. The molecule has 5 nitrogen and oxygen atoms in total. The molecule has 0 saturated carbocycles. The molecule has 3 N–H and O–H groups in total. The molecule has 1 aliphatic rings. The summed E-state index contributed by atoms with van der Waals surface area (Å²) in [5, 5.41) is 3.39. The summed E-state index contributed by atoms with van der Waals surface area (Å²) in [7, 11) is 0. The zero-order valence-electron chi connectivity index (χ0n) is 13.0. The fourth-order valence-corrected chi connectivity index (χ4v) is 2.97. The number of anilines is 2. The van der Waals surface area contributed by atoms with E-state index >= 15 is 0 Å².